The van der Waals surface area contributed by atoms with E-state index in [0.717, 1.165) is 23.4 Å². The van der Waals surface area contributed by atoms with Gasteiger partial charge in [-0.2, -0.15) is 0 Å². The number of hydrogen-bond acceptors (Lipinski definition) is 4. The zero-order valence-electron chi connectivity index (χ0n) is 13.3. The van der Waals surface area contributed by atoms with Crippen LogP contribution in [0.1, 0.15) is 46.7 Å². The Morgan fingerprint density at radius 3 is 2.67 bits per heavy atom. The zero-order valence-corrected chi connectivity index (χ0v) is 15.7. The van der Waals surface area contributed by atoms with Crippen molar-refractivity contribution >= 4 is 41.3 Å². The van der Waals surface area contributed by atoms with Gasteiger partial charge in [-0.25, -0.2) is 4.98 Å². The number of nitrogens with zero attached hydrogens (tertiary/aromatic N) is 2. The van der Waals surface area contributed by atoms with E-state index in [9.17, 15) is 4.79 Å². The Balaban J connectivity index is 0.00000208. The van der Waals surface area contributed by atoms with Crippen molar-refractivity contribution < 1.29 is 4.79 Å². The third-order valence-electron chi connectivity index (χ3n) is 4.27. The second-order valence-corrected chi connectivity index (χ2v) is 7.14. The summed E-state index contributed by atoms with van der Waals surface area (Å²) in [5.41, 5.74) is 7.08. The van der Waals surface area contributed by atoms with Gasteiger partial charge in [0, 0.05) is 29.5 Å². The van der Waals surface area contributed by atoms with Crippen molar-refractivity contribution in [3.05, 3.63) is 50.9 Å². The number of aromatic nitrogens is 1. The first-order chi connectivity index (χ1) is 11.2. The van der Waals surface area contributed by atoms with E-state index in [1.165, 1.54) is 24.2 Å². The smallest absolute Gasteiger partial charge is 0.273 e. The summed E-state index contributed by atoms with van der Waals surface area (Å²) in [4.78, 5) is 19.3. The number of halogens is 2. The van der Waals surface area contributed by atoms with Crippen LogP contribution < -0.4 is 5.73 Å². The molecule has 4 nitrogen and oxygen atoms in total. The molecule has 0 radical (unpaired) electrons. The molecule has 2 N–H and O–H groups in total. The number of thiazole rings is 1. The van der Waals surface area contributed by atoms with Gasteiger partial charge < -0.3 is 10.6 Å². The van der Waals surface area contributed by atoms with Gasteiger partial charge in [0.2, 0.25) is 0 Å². The molecule has 0 saturated heterocycles. The highest BCUT2D eigenvalue weighted by molar-refractivity contribution is 7.09. The topological polar surface area (TPSA) is 59.2 Å². The average molecular weight is 386 g/mol. The Labute approximate surface area is 157 Å². The first kappa shape index (κ1) is 19.2. The van der Waals surface area contributed by atoms with Gasteiger partial charge in [-0.05, 0) is 24.5 Å². The summed E-state index contributed by atoms with van der Waals surface area (Å²) in [6.07, 6.45) is 4.43. The molecule has 0 spiro atoms. The third-order valence-corrected chi connectivity index (χ3v) is 5.51. The molecule has 24 heavy (non-hydrogen) atoms. The van der Waals surface area contributed by atoms with E-state index in [4.69, 9.17) is 17.3 Å². The van der Waals surface area contributed by atoms with Crippen molar-refractivity contribution in [2.45, 2.75) is 44.8 Å². The highest BCUT2D eigenvalue weighted by atomic mass is 35.5. The van der Waals surface area contributed by atoms with Gasteiger partial charge in [0.25, 0.3) is 5.91 Å². The number of rotatable bonds is 5. The molecule has 0 unspecified atom stereocenters. The Hall–Kier alpha value is -1.14. The number of hydrogen-bond donors (Lipinski definition) is 1. The Bertz CT molecular complexity index is 686. The van der Waals surface area contributed by atoms with Crippen molar-refractivity contribution in [3.63, 3.8) is 0 Å². The molecule has 1 aromatic heterocycles. The highest BCUT2D eigenvalue weighted by Gasteiger charge is 2.29. The molecule has 1 aliphatic rings. The largest absolute Gasteiger partial charge is 0.330 e. The molecule has 3 rings (SSSR count). The van der Waals surface area contributed by atoms with Gasteiger partial charge in [0.15, 0.2) is 0 Å². The van der Waals surface area contributed by atoms with E-state index in [0.29, 0.717) is 23.8 Å². The van der Waals surface area contributed by atoms with Crippen molar-refractivity contribution in [2.24, 2.45) is 5.73 Å². The number of amides is 1. The van der Waals surface area contributed by atoms with Crippen LogP contribution in [0.4, 0.5) is 0 Å². The minimum atomic E-state index is -0.0206. The second kappa shape index (κ2) is 8.81. The first-order valence-corrected chi connectivity index (χ1v) is 9.13. The SMILES string of the molecule is Cl.NCc1nc(C(=O)N(Cc2ccccc2Cl)C2CCCC2)cs1. The Kier molecular flexibility index (Phi) is 7.04. The lowest BCUT2D eigenvalue weighted by molar-refractivity contribution is 0.0659. The van der Waals surface area contributed by atoms with Gasteiger partial charge in [0.1, 0.15) is 10.7 Å². The van der Waals surface area contributed by atoms with Crippen LogP contribution in [0.5, 0.6) is 0 Å². The highest BCUT2D eigenvalue weighted by Crippen LogP contribution is 2.28. The number of benzene rings is 1. The molecule has 1 amide bonds. The first-order valence-electron chi connectivity index (χ1n) is 7.88. The monoisotopic (exact) mass is 385 g/mol. The molecule has 1 heterocycles. The number of carbonyl (C=O) groups is 1. The Morgan fingerprint density at radius 2 is 2.04 bits per heavy atom. The predicted molar refractivity (Wildman–Crippen MR) is 101 cm³/mol. The lowest BCUT2D eigenvalue weighted by atomic mass is 10.1. The zero-order chi connectivity index (χ0) is 16.2. The second-order valence-electron chi connectivity index (χ2n) is 5.79. The average Bonchev–Trinajstić information content (AvgIpc) is 3.25. The molecule has 0 atom stereocenters. The van der Waals surface area contributed by atoms with Crippen LogP contribution in [0.15, 0.2) is 29.6 Å². The minimum Gasteiger partial charge on any atom is -0.330 e. The van der Waals surface area contributed by atoms with Crippen molar-refractivity contribution in [3.8, 4) is 0 Å². The molecule has 1 fully saturated rings. The fraction of sp³-hybridized carbons (Fsp3) is 0.412. The van der Waals surface area contributed by atoms with Crippen LogP contribution >= 0.6 is 35.3 Å². The number of nitrogens with two attached hydrogens (primary N) is 1. The van der Waals surface area contributed by atoms with Gasteiger partial charge in [-0.1, -0.05) is 42.6 Å². The fourth-order valence-electron chi connectivity index (χ4n) is 3.04. The summed E-state index contributed by atoms with van der Waals surface area (Å²) < 4.78 is 0. The summed E-state index contributed by atoms with van der Waals surface area (Å²) in [6.45, 7) is 0.893. The lowest BCUT2D eigenvalue weighted by Gasteiger charge is -2.29. The van der Waals surface area contributed by atoms with Crippen LogP contribution in [0.25, 0.3) is 0 Å². The molecular weight excluding hydrogens is 365 g/mol. The van der Waals surface area contributed by atoms with Gasteiger partial charge >= 0.3 is 0 Å². The summed E-state index contributed by atoms with van der Waals surface area (Å²) in [5, 5.41) is 3.29. The van der Waals surface area contributed by atoms with Gasteiger partial charge in [-0.3, -0.25) is 4.79 Å². The minimum absolute atomic E-state index is 0. The van der Waals surface area contributed by atoms with E-state index in [-0.39, 0.29) is 24.4 Å². The van der Waals surface area contributed by atoms with Gasteiger partial charge in [-0.15, -0.1) is 23.7 Å². The standard InChI is InChI=1S/C17H20ClN3OS.ClH/c18-14-8-4-1-5-12(14)10-21(13-6-2-3-7-13)17(22)15-11-23-16(9-19)20-15;/h1,4-5,8,11,13H,2-3,6-7,9-10,19H2;1H. The molecule has 0 bridgehead atoms. The van der Waals surface area contributed by atoms with Crippen LogP contribution in [-0.4, -0.2) is 21.8 Å². The maximum Gasteiger partial charge on any atom is 0.273 e. The van der Waals surface area contributed by atoms with Crippen molar-refractivity contribution in [1.82, 2.24) is 9.88 Å². The predicted octanol–water partition coefficient (Wildman–Crippen LogP) is 4.26. The van der Waals surface area contributed by atoms with Crippen LogP contribution in [-0.2, 0) is 13.1 Å². The number of carbonyl (C=O) groups excluding carboxylic acids is 1. The van der Waals surface area contributed by atoms with E-state index in [1.807, 2.05) is 29.2 Å². The summed E-state index contributed by atoms with van der Waals surface area (Å²) >= 11 is 7.72. The molecule has 130 valence electrons. The molecule has 0 aliphatic heterocycles. The van der Waals surface area contributed by atoms with Crippen LogP contribution in [0.2, 0.25) is 5.02 Å². The molecule has 1 saturated carbocycles. The summed E-state index contributed by atoms with van der Waals surface area (Å²) in [5.74, 6) is -0.0206. The molecule has 7 heteroatoms. The quantitative estimate of drug-likeness (QED) is 0.835. The normalized spacial score (nSPS) is 14.4. The summed E-state index contributed by atoms with van der Waals surface area (Å²) in [6, 6.07) is 7.96. The molecule has 1 aromatic carbocycles. The van der Waals surface area contributed by atoms with Crippen LogP contribution in [0, 0.1) is 0 Å². The van der Waals surface area contributed by atoms with E-state index >= 15 is 0 Å². The fourth-order valence-corrected chi connectivity index (χ4v) is 3.89. The van der Waals surface area contributed by atoms with Crippen LogP contribution in [0.3, 0.4) is 0 Å². The van der Waals surface area contributed by atoms with E-state index in [2.05, 4.69) is 4.98 Å². The lowest BCUT2D eigenvalue weighted by Crippen LogP contribution is -2.38. The van der Waals surface area contributed by atoms with Crippen molar-refractivity contribution in [1.29, 1.82) is 0 Å². The van der Waals surface area contributed by atoms with Gasteiger partial charge in [0.05, 0.1) is 0 Å². The third kappa shape index (κ3) is 4.28. The maximum atomic E-state index is 13.0. The molecule has 2 aromatic rings. The summed E-state index contributed by atoms with van der Waals surface area (Å²) in [7, 11) is 0. The van der Waals surface area contributed by atoms with Crippen molar-refractivity contribution in [2.75, 3.05) is 0 Å². The van der Waals surface area contributed by atoms with E-state index < -0.39 is 0 Å². The molecular formula is C17H21Cl2N3OS. The van der Waals surface area contributed by atoms with E-state index in [1.54, 1.807) is 5.38 Å². The molecule has 1 aliphatic carbocycles. The maximum absolute atomic E-state index is 13.0. The Morgan fingerprint density at radius 1 is 1.33 bits per heavy atom.